The maximum atomic E-state index is 11.2. The number of rotatable bonds is 7. The average Bonchev–Trinajstić information content (AvgIpc) is 2.64. The molecule has 25 heavy (non-hydrogen) atoms. The first kappa shape index (κ1) is 18.1. The Morgan fingerprint density at radius 2 is 1.52 bits per heavy atom. The Hall–Kier alpha value is -3.22. The Kier molecular flexibility index (Phi) is 5.84. The number of nitro groups is 1. The highest BCUT2D eigenvalue weighted by Crippen LogP contribution is 2.38. The van der Waals surface area contributed by atoms with E-state index in [1.165, 1.54) is 34.5 Å². The molecule has 2 aromatic carbocycles. The minimum atomic E-state index is -0.447. The van der Waals surface area contributed by atoms with E-state index in [2.05, 4.69) is 0 Å². The molecule has 0 unspecified atom stereocenters. The van der Waals surface area contributed by atoms with Gasteiger partial charge >= 0.3 is 0 Å². The van der Waals surface area contributed by atoms with Gasteiger partial charge in [0.05, 0.1) is 45.0 Å². The van der Waals surface area contributed by atoms with E-state index in [1.807, 2.05) is 0 Å². The molecule has 7 nitrogen and oxygen atoms in total. The Labute approximate surface area is 145 Å². The zero-order valence-electron chi connectivity index (χ0n) is 14.4. The molecule has 0 aromatic heterocycles. The van der Waals surface area contributed by atoms with Gasteiger partial charge in [0, 0.05) is 0 Å². The number of benzene rings is 2. The first-order chi connectivity index (χ1) is 12.0. The highest BCUT2D eigenvalue weighted by atomic mass is 16.6. The van der Waals surface area contributed by atoms with Gasteiger partial charge in [-0.1, -0.05) is 6.08 Å². The van der Waals surface area contributed by atoms with Gasteiger partial charge in [0.2, 0.25) is 5.75 Å². The van der Waals surface area contributed by atoms with Crippen LogP contribution in [-0.4, -0.2) is 33.4 Å². The van der Waals surface area contributed by atoms with Crippen LogP contribution in [-0.2, 0) is 0 Å². The fraction of sp³-hybridized carbons (Fsp3) is 0.222. The molecular weight excluding hydrogens is 326 g/mol. The standard InChI is InChI=1S/C18H19NO6/c1-22-14-8-7-13(15(11-14)19(20)21)6-5-12-9-16(23-2)18(25-4)17(10-12)24-3/h5-11H,1-4H3/b6-5-. The van der Waals surface area contributed by atoms with E-state index in [0.29, 0.717) is 28.6 Å². The minimum Gasteiger partial charge on any atom is -0.497 e. The molecule has 0 heterocycles. The Balaban J connectivity index is 2.44. The summed E-state index contributed by atoms with van der Waals surface area (Å²) in [4.78, 5) is 10.8. The largest absolute Gasteiger partial charge is 0.497 e. The second-order valence-electron chi connectivity index (χ2n) is 4.97. The summed E-state index contributed by atoms with van der Waals surface area (Å²) in [7, 11) is 6.04. The molecule has 0 atom stereocenters. The highest BCUT2D eigenvalue weighted by Gasteiger charge is 2.14. The van der Waals surface area contributed by atoms with Crippen LogP contribution >= 0.6 is 0 Å². The van der Waals surface area contributed by atoms with Crippen LogP contribution in [0.1, 0.15) is 11.1 Å². The quantitative estimate of drug-likeness (QED) is 0.431. The summed E-state index contributed by atoms with van der Waals surface area (Å²) >= 11 is 0. The Morgan fingerprint density at radius 1 is 0.880 bits per heavy atom. The second kappa shape index (κ2) is 8.05. The van der Waals surface area contributed by atoms with Crippen LogP contribution in [0.15, 0.2) is 30.3 Å². The number of methoxy groups -OCH3 is 4. The summed E-state index contributed by atoms with van der Waals surface area (Å²) in [6, 6.07) is 8.20. The topological polar surface area (TPSA) is 80.1 Å². The summed E-state index contributed by atoms with van der Waals surface area (Å²) in [6.45, 7) is 0. The first-order valence-electron chi connectivity index (χ1n) is 7.34. The molecule has 132 valence electrons. The van der Waals surface area contributed by atoms with Crippen molar-refractivity contribution in [3.63, 3.8) is 0 Å². The van der Waals surface area contributed by atoms with Crippen LogP contribution in [0.4, 0.5) is 5.69 Å². The summed E-state index contributed by atoms with van der Waals surface area (Å²) < 4.78 is 20.9. The van der Waals surface area contributed by atoms with Crippen LogP contribution in [0.5, 0.6) is 23.0 Å². The highest BCUT2D eigenvalue weighted by molar-refractivity contribution is 5.76. The summed E-state index contributed by atoms with van der Waals surface area (Å²) in [5, 5.41) is 11.2. The number of hydrogen-bond acceptors (Lipinski definition) is 6. The van der Waals surface area contributed by atoms with E-state index in [9.17, 15) is 10.1 Å². The Morgan fingerprint density at radius 3 is 2.00 bits per heavy atom. The van der Waals surface area contributed by atoms with Crippen molar-refractivity contribution in [3.05, 3.63) is 51.6 Å². The predicted octanol–water partition coefficient (Wildman–Crippen LogP) is 3.80. The molecule has 0 aliphatic heterocycles. The molecule has 0 bridgehead atoms. The molecule has 0 amide bonds. The predicted molar refractivity (Wildman–Crippen MR) is 94.7 cm³/mol. The summed E-state index contributed by atoms with van der Waals surface area (Å²) in [5.74, 6) is 1.92. The van der Waals surface area contributed by atoms with Crippen molar-refractivity contribution in [2.45, 2.75) is 0 Å². The van der Waals surface area contributed by atoms with Gasteiger partial charge in [-0.3, -0.25) is 10.1 Å². The maximum Gasteiger partial charge on any atom is 0.280 e. The van der Waals surface area contributed by atoms with E-state index in [1.54, 1.807) is 36.4 Å². The van der Waals surface area contributed by atoms with E-state index >= 15 is 0 Å². The van der Waals surface area contributed by atoms with Crippen molar-refractivity contribution in [1.82, 2.24) is 0 Å². The van der Waals surface area contributed by atoms with E-state index in [-0.39, 0.29) is 5.69 Å². The lowest BCUT2D eigenvalue weighted by Crippen LogP contribution is -1.95. The fourth-order valence-corrected chi connectivity index (χ4v) is 2.33. The lowest BCUT2D eigenvalue weighted by molar-refractivity contribution is -0.385. The van der Waals surface area contributed by atoms with Crippen molar-refractivity contribution in [2.75, 3.05) is 28.4 Å². The van der Waals surface area contributed by atoms with Crippen LogP contribution in [0, 0.1) is 10.1 Å². The molecule has 0 spiro atoms. The molecular formula is C18H19NO6. The SMILES string of the molecule is COc1ccc(/C=C\c2cc(OC)c(OC)c(OC)c2)c([N+](=O)[O-])c1. The molecule has 7 heteroatoms. The van der Waals surface area contributed by atoms with Crippen molar-refractivity contribution in [2.24, 2.45) is 0 Å². The molecule has 0 fully saturated rings. The van der Waals surface area contributed by atoms with Crippen molar-refractivity contribution < 1.29 is 23.9 Å². The molecule has 2 rings (SSSR count). The third-order valence-electron chi connectivity index (χ3n) is 3.58. The molecule has 0 aliphatic carbocycles. The second-order valence-corrected chi connectivity index (χ2v) is 4.97. The monoisotopic (exact) mass is 345 g/mol. The van der Waals surface area contributed by atoms with Crippen molar-refractivity contribution >= 4 is 17.8 Å². The molecule has 0 radical (unpaired) electrons. The lowest BCUT2D eigenvalue weighted by Gasteiger charge is -2.12. The van der Waals surface area contributed by atoms with Gasteiger partial charge in [-0.05, 0) is 35.9 Å². The molecule has 2 aromatic rings. The smallest absolute Gasteiger partial charge is 0.280 e. The normalized spacial score (nSPS) is 10.6. The molecule has 0 aliphatic rings. The molecule has 0 N–H and O–H groups in total. The van der Waals surface area contributed by atoms with E-state index < -0.39 is 4.92 Å². The lowest BCUT2D eigenvalue weighted by atomic mass is 10.1. The molecule has 0 saturated carbocycles. The van der Waals surface area contributed by atoms with Gasteiger partial charge in [0.15, 0.2) is 11.5 Å². The summed E-state index contributed by atoms with van der Waals surface area (Å²) in [6.07, 6.45) is 3.39. The van der Waals surface area contributed by atoms with Crippen LogP contribution in [0.2, 0.25) is 0 Å². The Bertz CT molecular complexity index is 775. The van der Waals surface area contributed by atoms with Crippen LogP contribution in [0.25, 0.3) is 12.2 Å². The van der Waals surface area contributed by atoms with Gasteiger partial charge in [0.25, 0.3) is 5.69 Å². The third-order valence-corrected chi connectivity index (χ3v) is 3.58. The van der Waals surface area contributed by atoms with Gasteiger partial charge in [-0.25, -0.2) is 0 Å². The number of ether oxygens (including phenoxy) is 4. The van der Waals surface area contributed by atoms with Crippen molar-refractivity contribution in [1.29, 1.82) is 0 Å². The zero-order chi connectivity index (χ0) is 18.4. The first-order valence-corrected chi connectivity index (χ1v) is 7.34. The van der Waals surface area contributed by atoms with Gasteiger partial charge in [0.1, 0.15) is 5.75 Å². The molecule has 0 saturated heterocycles. The fourth-order valence-electron chi connectivity index (χ4n) is 2.33. The average molecular weight is 345 g/mol. The van der Waals surface area contributed by atoms with Gasteiger partial charge in [-0.2, -0.15) is 0 Å². The summed E-state index contributed by atoms with van der Waals surface area (Å²) in [5.41, 5.74) is 1.17. The maximum absolute atomic E-state index is 11.2. The van der Waals surface area contributed by atoms with Crippen LogP contribution in [0.3, 0.4) is 0 Å². The third kappa shape index (κ3) is 4.00. The van der Waals surface area contributed by atoms with Gasteiger partial charge in [-0.15, -0.1) is 0 Å². The number of hydrogen-bond donors (Lipinski definition) is 0. The van der Waals surface area contributed by atoms with Crippen molar-refractivity contribution in [3.8, 4) is 23.0 Å². The number of nitro benzene ring substituents is 1. The van der Waals surface area contributed by atoms with Crippen LogP contribution < -0.4 is 18.9 Å². The van der Waals surface area contributed by atoms with Gasteiger partial charge < -0.3 is 18.9 Å². The van der Waals surface area contributed by atoms with E-state index in [4.69, 9.17) is 18.9 Å². The number of nitrogens with zero attached hydrogens (tertiary/aromatic N) is 1. The zero-order valence-corrected chi connectivity index (χ0v) is 14.4. The minimum absolute atomic E-state index is 0.0389. The van der Waals surface area contributed by atoms with E-state index in [0.717, 1.165) is 5.56 Å².